The molecule has 0 aliphatic rings. The highest BCUT2D eigenvalue weighted by atomic mass is 19.4. The van der Waals surface area contributed by atoms with Gasteiger partial charge in [-0.25, -0.2) is 0 Å². The number of hydrogen-bond acceptors (Lipinski definition) is 1. The van der Waals surface area contributed by atoms with Gasteiger partial charge < -0.3 is 9.72 Å². The molecule has 0 unspecified atom stereocenters. The Morgan fingerprint density at radius 2 is 1.48 bits per heavy atom. The van der Waals surface area contributed by atoms with Crippen molar-refractivity contribution in [1.29, 1.82) is 0 Å². The van der Waals surface area contributed by atoms with E-state index in [0.717, 1.165) is 0 Å². The Labute approximate surface area is 131 Å². The maximum absolute atomic E-state index is 13.2. The Hall–Kier alpha value is -2.69. The Kier molecular flexibility index (Phi) is 3.86. The number of aromatic nitrogens is 1. The summed E-state index contributed by atoms with van der Waals surface area (Å²) in [5, 5.41) is 0. The van der Waals surface area contributed by atoms with Gasteiger partial charge in [-0.3, -0.25) is 0 Å². The number of nitrogens with one attached hydrogen (secondary N) is 1. The van der Waals surface area contributed by atoms with Crippen molar-refractivity contribution in [3.8, 4) is 22.8 Å². The molecule has 2 nitrogen and oxygen atoms in total. The molecule has 2 aromatic carbocycles. The molecular formula is C18H14F3NO. The van der Waals surface area contributed by atoms with Gasteiger partial charge in [-0.1, -0.05) is 18.2 Å². The number of aryl methyl sites for hydroxylation is 1. The number of para-hydroxylation sites is 1. The molecule has 0 aliphatic carbocycles. The van der Waals surface area contributed by atoms with E-state index in [9.17, 15) is 13.2 Å². The van der Waals surface area contributed by atoms with Crippen LogP contribution in [0.1, 0.15) is 11.1 Å². The third-order valence-electron chi connectivity index (χ3n) is 3.48. The van der Waals surface area contributed by atoms with E-state index >= 15 is 0 Å². The van der Waals surface area contributed by atoms with Crippen molar-refractivity contribution in [2.24, 2.45) is 0 Å². The quantitative estimate of drug-likeness (QED) is 0.648. The van der Waals surface area contributed by atoms with Crippen molar-refractivity contribution in [2.45, 2.75) is 13.1 Å². The van der Waals surface area contributed by atoms with E-state index in [1.165, 1.54) is 13.1 Å². The number of ether oxygens (including phenoxy) is 1. The van der Waals surface area contributed by atoms with Crippen LogP contribution in [0.25, 0.3) is 11.3 Å². The van der Waals surface area contributed by atoms with Crippen molar-refractivity contribution in [1.82, 2.24) is 4.98 Å². The highest BCUT2D eigenvalue weighted by Crippen LogP contribution is 2.39. The van der Waals surface area contributed by atoms with Gasteiger partial charge in [0, 0.05) is 6.20 Å². The standard InChI is InChI=1S/C18H14F3NO/c1-12-11-22-17(16(12)18(19,20)21)13-7-9-15(10-8-13)23-14-5-3-2-4-6-14/h2-11,22H,1H3. The Morgan fingerprint density at radius 3 is 2.09 bits per heavy atom. The molecule has 5 heteroatoms. The number of rotatable bonds is 3. The fourth-order valence-electron chi connectivity index (χ4n) is 2.43. The molecule has 0 amide bonds. The molecule has 1 N–H and O–H groups in total. The van der Waals surface area contributed by atoms with Crippen LogP contribution in [-0.4, -0.2) is 4.98 Å². The molecule has 0 radical (unpaired) electrons. The number of hydrogen-bond donors (Lipinski definition) is 1. The van der Waals surface area contributed by atoms with Gasteiger partial charge in [-0.15, -0.1) is 0 Å². The zero-order valence-electron chi connectivity index (χ0n) is 12.3. The Bertz CT molecular complexity index is 789. The van der Waals surface area contributed by atoms with Crippen molar-refractivity contribution in [2.75, 3.05) is 0 Å². The second-order valence-electron chi connectivity index (χ2n) is 5.16. The molecule has 0 saturated carbocycles. The minimum atomic E-state index is -4.39. The van der Waals surface area contributed by atoms with Crippen LogP contribution in [-0.2, 0) is 6.18 Å². The molecule has 0 fully saturated rings. The van der Waals surface area contributed by atoms with E-state index in [4.69, 9.17) is 4.74 Å². The van der Waals surface area contributed by atoms with Crippen LogP contribution in [0.3, 0.4) is 0 Å². The van der Waals surface area contributed by atoms with E-state index < -0.39 is 11.7 Å². The first-order valence-corrected chi connectivity index (χ1v) is 7.03. The monoisotopic (exact) mass is 317 g/mol. The molecule has 1 aromatic heterocycles. The first kappa shape index (κ1) is 15.2. The topological polar surface area (TPSA) is 25.0 Å². The molecule has 23 heavy (non-hydrogen) atoms. The molecule has 1 heterocycles. The van der Waals surface area contributed by atoms with Crippen LogP contribution in [0.4, 0.5) is 13.2 Å². The fourth-order valence-corrected chi connectivity index (χ4v) is 2.43. The summed E-state index contributed by atoms with van der Waals surface area (Å²) < 4.78 is 45.1. The Balaban J connectivity index is 1.89. The summed E-state index contributed by atoms with van der Waals surface area (Å²) in [6, 6.07) is 15.7. The maximum Gasteiger partial charge on any atom is 0.418 e. The molecule has 118 valence electrons. The third-order valence-corrected chi connectivity index (χ3v) is 3.48. The summed E-state index contributed by atoms with van der Waals surface area (Å²) in [6.45, 7) is 1.44. The summed E-state index contributed by atoms with van der Waals surface area (Å²) in [5.41, 5.74) is 0.0819. The number of alkyl halides is 3. The van der Waals surface area contributed by atoms with Gasteiger partial charge in [0.2, 0.25) is 0 Å². The lowest BCUT2D eigenvalue weighted by Crippen LogP contribution is -2.07. The van der Waals surface area contributed by atoms with Crippen molar-refractivity contribution in [3.05, 3.63) is 71.9 Å². The first-order valence-electron chi connectivity index (χ1n) is 7.03. The highest BCUT2D eigenvalue weighted by Gasteiger charge is 2.36. The van der Waals surface area contributed by atoms with Crippen LogP contribution < -0.4 is 4.74 Å². The summed E-state index contributed by atoms with van der Waals surface area (Å²) in [6.07, 6.45) is -3.02. The van der Waals surface area contributed by atoms with Gasteiger partial charge in [0.25, 0.3) is 0 Å². The van der Waals surface area contributed by atoms with E-state index in [1.54, 1.807) is 24.3 Å². The number of halogens is 3. The van der Waals surface area contributed by atoms with Crippen LogP contribution in [0.15, 0.2) is 60.8 Å². The van der Waals surface area contributed by atoms with Crippen molar-refractivity contribution >= 4 is 0 Å². The maximum atomic E-state index is 13.2. The van der Waals surface area contributed by atoms with Gasteiger partial charge in [-0.2, -0.15) is 13.2 Å². The minimum absolute atomic E-state index is 0.0706. The van der Waals surface area contributed by atoms with Crippen molar-refractivity contribution in [3.63, 3.8) is 0 Å². The predicted octanol–water partition coefficient (Wildman–Crippen LogP) is 5.80. The summed E-state index contributed by atoms with van der Waals surface area (Å²) in [5.74, 6) is 1.24. The van der Waals surface area contributed by atoms with Crippen molar-refractivity contribution < 1.29 is 17.9 Å². The normalized spacial score (nSPS) is 11.5. The molecule has 0 saturated heterocycles. The third kappa shape index (κ3) is 3.23. The first-order chi connectivity index (χ1) is 10.9. The van der Waals surface area contributed by atoms with E-state index in [1.807, 2.05) is 30.3 Å². The molecule has 3 aromatic rings. The lowest BCUT2D eigenvalue weighted by molar-refractivity contribution is -0.137. The lowest BCUT2D eigenvalue weighted by Gasteiger charge is -2.11. The van der Waals surface area contributed by atoms with Gasteiger partial charge in [0.1, 0.15) is 11.5 Å². The second kappa shape index (κ2) is 5.83. The zero-order valence-corrected chi connectivity index (χ0v) is 12.3. The molecule has 0 spiro atoms. The van der Waals surface area contributed by atoms with E-state index in [0.29, 0.717) is 17.1 Å². The van der Waals surface area contributed by atoms with Crippen LogP contribution in [0, 0.1) is 6.92 Å². The second-order valence-corrected chi connectivity index (χ2v) is 5.16. The Morgan fingerprint density at radius 1 is 0.870 bits per heavy atom. The van der Waals surface area contributed by atoms with Gasteiger partial charge >= 0.3 is 6.18 Å². The minimum Gasteiger partial charge on any atom is -0.457 e. The van der Waals surface area contributed by atoms with E-state index in [-0.39, 0.29) is 11.3 Å². The number of aromatic amines is 1. The molecule has 0 aliphatic heterocycles. The molecule has 0 bridgehead atoms. The largest absolute Gasteiger partial charge is 0.457 e. The van der Waals surface area contributed by atoms with Crippen LogP contribution in [0.5, 0.6) is 11.5 Å². The average molecular weight is 317 g/mol. The highest BCUT2D eigenvalue weighted by molar-refractivity contribution is 5.66. The molecule has 0 atom stereocenters. The van der Waals surface area contributed by atoms with Gasteiger partial charge in [0.05, 0.1) is 11.3 Å². The van der Waals surface area contributed by atoms with Gasteiger partial charge in [0.15, 0.2) is 0 Å². The fraction of sp³-hybridized carbons (Fsp3) is 0.111. The van der Waals surface area contributed by atoms with Crippen LogP contribution in [0.2, 0.25) is 0 Å². The van der Waals surface area contributed by atoms with Gasteiger partial charge in [-0.05, 0) is 54.4 Å². The smallest absolute Gasteiger partial charge is 0.418 e. The van der Waals surface area contributed by atoms with Crippen LogP contribution >= 0.6 is 0 Å². The number of benzene rings is 2. The summed E-state index contributed by atoms with van der Waals surface area (Å²) in [7, 11) is 0. The molecular weight excluding hydrogens is 303 g/mol. The lowest BCUT2D eigenvalue weighted by atomic mass is 10.1. The summed E-state index contributed by atoms with van der Waals surface area (Å²) >= 11 is 0. The van der Waals surface area contributed by atoms with E-state index in [2.05, 4.69) is 4.98 Å². The molecule has 3 rings (SSSR count). The predicted molar refractivity (Wildman–Crippen MR) is 82.5 cm³/mol. The summed E-state index contributed by atoms with van der Waals surface area (Å²) in [4.78, 5) is 2.71. The average Bonchev–Trinajstić information content (AvgIpc) is 2.91. The SMILES string of the molecule is Cc1c[nH]c(-c2ccc(Oc3ccccc3)cc2)c1C(F)(F)F. The zero-order chi connectivity index (χ0) is 16.4. The number of H-pyrrole nitrogens is 1.